The van der Waals surface area contributed by atoms with E-state index in [9.17, 15) is 0 Å². The van der Waals surface area contributed by atoms with Crippen molar-refractivity contribution in [1.29, 1.82) is 0 Å². The number of hydrogen-bond acceptors (Lipinski definition) is 0. The van der Waals surface area contributed by atoms with Crippen molar-refractivity contribution in [3.63, 3.8) is 0 Å². The van der Waals surface area contributed by atoms with Crippen molar-refractivity contribution in [1.82, 2.24) is 0 Å². The van der Waals surface area contributed by atoms with Crippen LogP contribution in [0, 0.1) is 0 Å². The fraction of sp³-hybridized carbons (Fsp3) is 0.467. The first-order valence-electron chi connectivity index (χ1n) is 11.8. The molecule has 0 spiro atoms. The monoisotopic (exact) mass is 522 g/mol. The maximum Gasteiger partial charge on any atom is 0 e. The van der Waals surface area contributed by atoms with Crippen molar-refractivity contribution in [2.45, 2.75) is 90.4 Å². The number of hydrogen-bond donors (Lipinski definition) is 0. The van der Waals surface area contributed by atoms with Gasteiger partial charge in [-0.05, 0) is 21.9 Å². The molecule has 0 bridgehead atoms. The fourth-order valence-electron chi connectivity index (χ4n) is 4.47. The van der Waals surface area contributed by atoms with E-state index in [0.717, 1.165) is 6.16 Å². The summed E-state index contributed by atoms with van der Waals surface area (Å²) in [4.78, 5) is 0. The largest absolute Gasteiger partial charge is 0.642 e. The van der Waals surface area contributed by atoms with Gasteiger partial charge in [0.05, 0.1) is 0 Å². The Bertz CT molecular complexity index is 916. The molecule has 0 saturated carbocycles. The zero-order valence-corrected chi connectivity index (χ0v) is 25.3. The molecule has 0 N–H and O–H groups in total. The summed E-state index contributed by atoms with van der Waals surface area (Å²) >= 11 is 0. The molecule has 0 aliphatic carbocycles. The molecular weight excluding hydrogens is 478 g/mol. The average Bonchev–Trinajstić information content (AvgIpc) is 3.34. The Morgan fingerprint density at radius 2 is 1.30 bits per heavy atom. The third-order valence-electron chi connectivity index (χ3n) is 5.90. The molecule has 188 valence electrons. The van der Waals surface area contributed by atoms with Gasteiger partial charge in [-0.3, -0.25) is 0 Å². The van der Waals surface area contributed by atoms with Gasteiger partial charge in [0.2, 0.25) is 0 Å². The summed E-state index contributed by atoms with van der Waals surface area (Å²) in [5.41, 5.74) is 7.55. The molecule has 3 aromatic carbocycles. The molecule has 3 rings (SSSR count). The molecule has 1 unspecified atom stereocenters. The fourth-order valence-corrected chi connectivity index (χ4v) is 8.51. The maximum absolute atomic E-state index is 2.91. The molecule has 3 heteroatoms. The van der Waals surface area contributed by atoms with E-state index in [1.807, 2.05) is 6.07 Å². The Labute approximate surface area is 218 Å². The standard InChI is InChI=1S/C19H35P2.C11H9.Fe/c1-17(2,3)16-11-10-14(12-20)15(16)13-21(18(4,5)6)19(7,8)9;1-2-6-10(7-3-1)11-8-4-5-9-11;/h10-11H,12-13,20H2,1-9H3;1-9H;/q-1;-5;. The smallest absolute Gasteiger partial charge is 0 e. The minimum atomic E-state index is -0.0879. The van der Waals surface area contributed by atoms with Crippen LogP contribution in [-0.2, 0) is 34.8 Å². The summed E-state index contributed by atoms with van der Waals surface area (Å²) in [5.74, 6) is 0. The van der Waals surface area contributed by atoms with E-state index in [2.05, 4.69) is 132 Å². The summed E-state index contributed by atoms with van der Waals surface area (Å²) in [5, 5.41) is 0.774. The van der Waals surface area contributed by atoms with Gasteiger partial charge in [-0.15, -0.1) is 28.8 Å². The van der Waals surface area contributed by atoms with Crippen LogP contribution in [0.4, 0.5) is 0 Å². The van der Waals surface area contributed by atoms with Gasteiger partial charge in [0.25, 0.3) is 0 Å². The van der Waals surface area contributed by atoms with Crippen molar-refractivity contribution in [2.24, 2.45) is 0 Å². The van der Waals surface area contributed by atoms with Crippen LogP contribution < -0.4 is 0 Å². The zero-order valence-electron chi connectivity index (χ0n) is 22.1. The van der Waals surface area contributed by atoms with Crippen LogP contribution in [0.2, 0.25) is 0 Å². The summed E-state index contributed by atoms with van der Waals surface area (Å²) in [6.45, 7) is 21.6. The van der Waals surface area contributed by atoms with Crippen LogP contribution in [0.5, 0.6) is 0 Å². The normalized spacial score (nSPS) is 12.2. The molecule has 0 radical (unpaired) electrons. The van der Waals surface area contributed by atoms with Crippen molar-refractivity contribution < 1.29 is 17.1 Å². The molecule has 33 heavy (non-hydrogen) atoms. The van der Waals surface area contributed by atoms with Crippen LogP contribution >= 0.6 is 17.2 Å². The summed E-state index contributed by atoms with van der Waals surface area (Å²) in [6, 6.07) is 23.5. The molecule has 0 aromatic heterocycles. The minimum Gasteiger partial charge on any atom is -0.642 e. The third-order valence-corrected chi connectivity index (χ3v) is 10.2. The maximum atomic E-state index is 2.91. The van der Waals surface area contributed by atoms with Crippen LogP contribution in [0.3, 0.4) is 0 Å². The van der Waals surface area contributed by atoms with Crippen molar-refractivity contribution in [3.8, 4) is 11.1 Å². The second-order valence-corrected chi connectivity index (χ2v) is 15.9. The van der Waals surface area contributed by atoms with Gasteiger partial charge in [0.1, 0.15) is 0 Å². The van der Waals surface area contributed by atoms with E-state index in [1.54, 1.807) is 11.1 Å². The van der Waals surface area contributed by atoms with Crippen LogP contribution in [0.1, 0.15) is 79.0 Å². The number of rotatable bonds is 4. The topological polar surface area (TPSA) is 0 Å². The van der Waals surface area contributed by atoms with Gasteiger partial charge in [0.15, 0.2) is 0 Å². The molecule has 0 saturated heterocycles. The second kappa shape index (κ2) is 12.3. The third kappa shape index (κ3) is 8.79. The summed E-state index contributed by atoms with van der Waals surface area (Å²) in [6.07, 6.45) is 2.33. The van der Waals surface area contributed by atoms with E-state index < -0.39 is 0 Å². The Morgan fingerprint density at radius 3 is 1.73 bits per heavy atom. The van der Waals surface area contributed by atoms with Crippen LogP contribution in [0.25, 0.3) is 11.1 Å². The molecule has 0 aliphatic rings. The number of benzene rings is 1. The molecule has 1 atom stereocenters. The van der Waals surface area contributed by atoms with E-state index in [4.69, 9.17) is 0 Å². The second-order valence-electron chi connectivity index (χ2n) is 11.7. The molecule has 0 aliphatic heterocycles. The molecule has 0 heterocycles. The average molecular weight is 522 g/mol. The Morgan fingerprint density at radius 1 is 0.788 bits per heavy atom. The predicted octanol–water partition coefficient (Wildman–Crippen LogP) is 9.73. The van der Waals surface area contributed by atoms with Crippen molar-refractivity contribution in [2.75, 3.05) is 0 Å². The van der Waals surface area contributed by atoms with Gasteiger partial charge in [0, 0.05) is 17.1 Å². The Kier molecular flexibility index (Phi) is 11.3. The minimum absolute atomic E-state index is 0. The molecule has 0 amide bonds. The molecule has 0 nitrogen and oxygen atoms in total. The first-order valence-corrected chi connectivity index (χ1v) is 14.1. The Hall–Kier alpha value is -0.701. The summed E-state index contributed by atoms with van der Waals surface area (Å²) in [7, 11) is 2.82. The van der Waals surface area contributed by atoms with E-state index in [0.29, 0.717) is 10.3 Å². The SMILES string of the molecule is CC(C)(C)c1ccc(CP)[c-]1CP(C(C)(C)C)C(C)(C)C.[Fe].c1ccc(-[c-]2[cH-][cH-][cH-][cH-]2)cc1. The molecular formula is C30H44FeP2-6. The quantitative estimate of drug-likeness (QED) is 0.182. The molecule has 0 fully saturated rings. The van der Waals surface area contributed by atoms with Gasteiger partial charge in [-0.1, -0.05) is 68.5 Å². The molecule has 3 aromatic rings. The van der Waals surface area contributed by atoms with Gasteiger partial charge < -0.3 is 47.5 Å². The van der Waals surface area contributed by atoms with Gasteiger partial charge >= 0.3 is 0 Å². The van der Waals surface area contributed by atoms with E-state index >= 15 is 0 Å². The van der Waals surface area contributed by atoms with Crippen LogP contribution in [0.15, 0.2) is 66.7 Å². The van der Waals surface area contributed by atoms with Crippen molar-refractivity contribution in [3.05, 3.63) is 83.4 Å². The first-order chi connectivity index (χ1) is 14.7. The van der Waals surface area contributed by atoms with Crippen molar-refractivity contribution >= 4 is 17.2 Å². The van der Waals surface area contributed by atoms with E-state index in [-0.39, 0.29) is 30.4 Å². The van der Waals surface area contributed by atoms with E-state index in [1.165, 1.54) is 22.9 Å². The van der Waals surface area contributed by atoms with Gasteiger partial charge in [-0.2, -0.15) is 23.3 Å². The summed E-state index contributed by atoms with van der Waals surface area (Å²) < 4.78 is 0. The zero-order chi connectivity index (χ0) is 24.2. The first kappa shape index (κ1) is 30.3. The van der Waals surface area contributed by atoms with Gasteiger partial charge in [-0.25, -0.2) is 12.1 Å². The predicted molar refractivity (Wildman–Crippen MR) is 152 cm³/mol. The van der Waals surface area contributed by atoms with Crippen LogP contribution in [-0.4, -0.2) is 10.3 Å². The Balaban J connectivity index is 0.000000379.